The molecule has 6 heteroatoms. The first kappa shape index (κ1) is 53.2. The second kappa shape index (κ2) is 20.0. The van der Waals surface area contributed by atoms with Crippen molar-refractivity contribution in [3.05, 3.63) is 258 Å². The summed E-state index contributed by atoms with van der Waals surface area (Å²) in [6.07, 6.45) is 1.91. The summed E-state index contributed by atoms with van der Waals surface area (Å²) in [5.74, 6) is 2.06. The molecule has 1 aliphatic heterocycles. The number of benzene rings is 8. The molecule has 0 fully saturated rings. The van der Waals surface area contributed by atoms with Gasteiger partial charge in [-0.3, -0.25) is 0 Å². The predicted molar refractivity (Wildman–Crippen MR) is 317 cm³/mol. The van der Waals surface area contributed by atoms with Crippen LogP contribution in [0.25, 0.3) is 27.6 Å². The first-order chi connectivity index (χ1) is 36.2. The normalized spacial score (nSPS) is 13.2. The van der Waals surface area contributed by atoms with Crippen LogP contribution in [0, 0.1) is 18.8 Å². The first-order valence-corrected chi connectivity index (χ1v) is 26.8. The van der Waals surface area contributed by atoms with Crippen molar-refractivity contribution < 1.29 is 25.8 Å². The SMILES string of the molecule is CC(C)(C)c1cc(Oc2[c-]c3c(cc2)c2ccccc2n3-c2cc(C(C)(C)C)ccn2)[c-]c(N2[CH-]N(c3cc(C(C)(C)c4ccccc4)cc(C(C)(C)c4ccccc4)c3)c3cc(C(C)(C)c4ccccc4)ccc32)c1.[Pt]. The van der Waals surface area contributed by atoms with Crippen molar-refractivity contribution in [2.45, 2.75) is 110 Å². The number of pyridine rings is 1. The van der Waals surface area contributed by atoms with Crippen molar-refractivity contribution in [1.29, 1.82) is 0 Å². The molecule has 77 heavy (non-hydrogen) atoms. The van der Waals surface area contributed by atoms with E-state index in [1.807, 2.05) is 12.3 Å². The van der Waals surface area contributed by atoms with E-state index in [9.17, 15) is 0 Å². The molecular weight excluding hydrogens is 1120 g/mol. The van der Waals surface area contributed by atoms with E-state index >= 15 is 0 Å². The Bertz CT molecular complexity index is 3700. The molecule has 2 aromatic heterocycles. The third-order valence-electron chi connectivity index (χ3n) is 16.1. The van der Waals surface area contributed by atoms with Crippen LogP contribution < -0.4 is 14.5 Å². The van der Waals surface area contributed by atoms with E-state index in [1.165, 1.54) is 38.9 Å². The predicted octanol–water partition coefficient (Wildman–Crippen LogP) is 18.6. The van der Waals surface area contributed by atoms with Gasteiger partial charge in [-0.15, -0.1) is 53.6 Å². The maximum Gasteiger partial charge on any atom is 0.135 e. The van der Waals surface area contributed by atoms with Crippen LogP contribution in [0.5, 0.6) is 11.5 Å². The Morgan fingerprint density at radius 2 is 0.974 bits per heavy atom. The average Bonchev–Trinajstić information content (AvgIpc) is 4.07. The van der Waals surface area contributed by atoms with Crippen molar-refractivity contribution in [2.75, 3.05) is 9.80 Å². The van der Waals surface area contributed by atoms with Gasteiger partial charge < -0.3 is 19.1 Å². The molecule has 0 bridgehead atoms. The van der Waals surface area contributed by atoms with Crippen molar-refractivity contribution in [3.63, 3.8) is 0 Å². The number of anilines is 4. The average molecular weight is 1190 g/mol. The van der Waals surface area contributed by atoms with E-state index in [2.05, 4.69) is 298 Å². The van der Waals surface area contributed by atoms with Crippen LogP contribution in [-0.4, -0.2) is 9.55 Å². The fourth-order valence-electron chi connectivity index (χ4n) is 10.9. The standard InChI is InChI=1S/C71H69N4O.Pt/c1-67(2,3)51-36-37-72-66(44-51)75-62-31-23-22-30-60(62)61-34-33-58(46-64(61)75)76-59-42-53(68(4,5)6)39-57(45-59)73-47-74(65-43-52(32-35-63(65)73)69(7,8)48-24-16-13-17-25-48)56-40-54(70(9,10)49-26-18-14-19-27-49)38-55(41-56)71(11,12)50-28-20-15-21-29-50;/h13-44,47H,1-12H3;/q-3;. The Hall–Kier alpha value is -7.20. The van der Waals surface area contributed by atoms with Crippen LogP contribution >= 0.6 is 0 Å². The van der Waals surface area contributed by atoms with Gasteiger partial charge in [-0.1, -0.05) is 210 Å². The Kier molecular flexibility index (Phi) is 13.8. The molecule has 8 aromatic carbocycles. The number of rotatable bonds is 11. The number of hydrogen-bond acceptors (Lipinski definition) is 4. The van der Waals surface area contributed by atoms with Gasteiger partial charge in [0.2, 0.25) is 0 Å². The van der Waals surface area contributed by atoms with E-state index in [0.29, 0.717) is 11.5 Å². The van der Waals surface area contributed by atoms with E-state index < -0.39 is 0 Å². The molecule has 0 aliphatic carbocycles. The molecule has 0 saturated carbocycles. The second-order valence-electron chi connectivity index (χ2n) is 24.4. The largest absolute Gasteiger partial charge is 0.509 e. The second-order valence-corrected chi connectivity index (χ2v) is 24.4. The van der Waals surface area contributed by atoms with Gasteiger partial charge in [0, 0.05) is 77.6 Å². The summed E-state index contributed by atoms with van der Waals surface area (Å²) in [7, 11) is 0. The van der Waals surface area contributed by atoms with Gasteiger partial charge in [-0.25, -0.2) is 4.98 Å². The summed E-state index contributed by atoms with van der Waals surface area (Å²) >= 11 is 0. The van der Waals surface area contributed by atoms with Crippen molar-refractivity contribution in [1.82, 2.24) is 9.55 Å². The van der Waals surface area contributed by atoms with Crippen LogP contribution in [0.1, 0.15) is 128 Å². The fraction of sp³-hybridized carbons (Fsp3) is 0.239. The van der Waals surface area contributed by atoms with Gasteiger partial charge in [0.15, 0.2) is 0 Å². The van der Waals surface area contributed by atoms with Crippen LogP contribution in [0.4, 0.5) is 22.7 Å². The first-order valence-electron chi connectivity index (χ1n) is 26.8. The topological polar surface area (TPSA) is 33.5 Å². The molecule has 10 aromatic rings. The van der Waals surface area contributed by atoms with Gasteiger partial charge in [-0.2, -0.15) is 6.07 Å². The van der Waals surface area contributed by atoms with Crippen LogP contribution in [0.3, 0.4) is 0 Å². The third-order valence-corrected chi connectivity index (χ3v) is 16.1. The van der Waals surface area contributed by atoms with E-state index in [-0.39, 0.29) is 48.1 Å². The van der Waals surface area contributed by atoms with Gasteiger partial charge >= 0.3 is 0 Å². The van der Waals surface area contributed by atoms with E-state index in [1.54, 1.807) is 0 Å². The summed E-state index contributed by atoms with van der Waals surface area (Å²) < 4.78 is 9.21. The zero-order valence-corrected chi connectivity index (χ0v) is 48.8. The van der Waals surface area contributed by atoms with E-state index in [4.69, 9.17) is 9.72 Å². The Morgan fingerprint density at radius 1 is 0.416 bits per heavy atom. The van der Waals surface area contributed by atoms with Gasteiger partial charge in [0.05, 0.1) is 0 Å². The summed E-state index contributed by atoms with van der Waals surface area (Å²) in [5, 5.41) is 2.23. The summed E-state index contributed by atoms with van der Waals surface area (Å²) in [6.45, 7) is 29.8. The molecule has 1 aliphatic rings. The summed E-state index contributed by atoms with van der Waals surface area (Å²) in [4.78, 5) is 9.63. The number of hydrogen-bond donors (Lipinski definition) is 0. The van der Waals surface area contributed by atoms with Gasteiger partial charge in [-0.05, 0) is 97.6 Å². The Balaban J connectivity index is 0.00000672. The molecule has 0 spiro atoms. The van der Waals surface area contributed by atoms with Crippen LogP contribution in [0.15, 0.2) is 194 Å². The minimum Gasteiger partial charge on any atom is -0.509 e. The molecule has 0 radical (unpaired) electrons. The number of nitrogens with zero attached hydrogens (tertiary/aromatic N) is 4. The molecule has 0 amide bonds. The van der Waals surface area contributed by atoms with Crippen LogP contribution in [-0.2, 0) is 48.1 Å². The monoisotopic (exact) mass is 1190 g/mol. The van der Waals surface area contributed by atoms with E-state index in [0.717, 1.165) is 55.9 Å². The fourth-order valence-corrected chi connectivity index (χ4v) is 10.9. The molecule has 3 heterocycles. The molecule has 0 N–H and O–H groups in total. The molecule has 0 unspecified atom stereocenters. The number of ether oxygens (including phenoxy) is 1. The van der Waals surface area contributed by atoms with Crippen LogP contribution in [0.2, 0.25) is 0 Å². The molecule has 392 valence electrons. The number of aromatic nitrogens is 2. The maximum absolute atomic E-state index is 6.99. The smallest absolute Gasteiger partial charge is 0.135 e. The molecular formula is C71H69N4OPt-3. The van der Waals surface area contributed by atoms with Crippen molar-refractivity contribution in [2.24, 2.45) is 0 Å². The maximum atomic E-state index is 6.99. The quantitative estimate of drug-likeness (QED) is 0.121. The summed E-state index contributed by atoms with van der Waals surface area (Å²) in [5.41, 5.74) is 14.8. The van der Waals surface area contributed by atoms with Crippen molar-refractivity contribution in [3.8, 4) is 17.3 Å². The van der Waals surface area contributed by atoms with Gasteiger partial charge in [0.25, 0.3) is 0 Å². The summed E-state index contributed by atoms with van der Waals surface area (Å²) in [6, 6.07) is 75.8. The Morgan fingerprint density at radius 3 is 1.56 bits per heavy atom. The number of fused-ring (bicyclic) bond motifs is 4. The molecule has 0 atom stereocenters. The van der Waals surface area contributed by atoms with Gasteiger partial charge in [0.1, 0.15) is 5.82 Å². The minimum absolute atomic E-state index is 0. The zero-order valence-electron chi connectivity index (χ0n) is 46.6. The number of para-hydroxylation sites is 1. The Labute approximate surface area is 471 Å². The zero-order chi connectivity index (χ0) is 53.4. The third kappa shape index (κ3) is 9.93. The molecule has 11 rings (SSSR count). The molecule has 0 saturated heterocycles. The minimum atomic E-state index is -0.305. The molecule has 5 nitrogen and oxygen atoms in total. The van der Waals surface area contributed by atoms with Crippen molar-refractivity contribution >= 4 is 44.6 Å².